The van der Waals surface area contributed by atoms with Gasteiger partial charge in [-0.2, -0.15) is 0 Å². The van der Waals surface area contributed by atoms with Crippen molar-refractivity contribution in [3.63, 3.8) is 0 Å². The molecule has 0 bridgehead atoms. The number of hydrogen-bond acceptors (Lipinski definition) is 3. The van der Waals surface area contributed by atoms with Gasteiger partial charge in [-0.25, -0.2) is 4.98 Å². The lowest BCUT2D eigenvalue weighted by Gasteiger charge is -2.09. The smallest absolute Gasteiger partial charge is 0.134 e. The molecule has 3 nitrogen and oxygen atoms in total. The van der Waals surface area contributed by atoms with Gasteiger partial charge in [0.1, 0.15) is 11.6 Å². The number of hydrogen-bond donors (Lipinski definition) is 1. The highest BCUT2D eigenvalue weighted by atomic mass is 79.9. The van der Waals surface area contributed by atoms with Gasteiger partial charge in [-0.15, -0.1) is 0 Å². The van der Waals surface area contributed by atoms with Crippen LogP contribution in [-0.2, 0) is 0 Å². The molecule has 0 radical (unpaired) electrons. The van der Waals surface area contributed by atoms with Crippen LogP contribution in [0.1, 0.15) is 0 Å². The number of methoxy groups -OCH3 is 1. The molecule has 17 heavy (non-hydrogen) atoms. The van der Waals surface area contributed by atoms with E-state index in [4.69, 9.17) is 4.74 Å². The van der Waals surface area contributed by atoms with Gasteiger partial charge in [-0.05, 0) is 23.6 Å². The Morgan fingerprint density at radius 1 is 1.47 bits per heavy atom. The molecule has 0 saturated carbocycles. The number of nitrogens with zero attached hydrogens (tertiary/aromatic N) is 1. The van der Waals surface area contributed by atoms with E-state index in [0.29, 0.717) is 6.54 Å². The van der Waals surface area contributed by atoms with Crippen molar-refractivity contribution in [2.75, 3.05) is 19.0 Å². The first-order valence-electron chi connectivity index (χ1n) is 5.20. The maximum absolute atomic E-state index is 5.22. The standard InChI is InChI=1S/C13H13BrN2O/c1-9(14)8-16-13-12-7-11(17-2)4-3-10(12)5-6-15-13/h3-7H,1,8H2,2H3,(H,15,16). The summed E-state index contributed by atoms with van der Waals surface area (Å²) in [5, 5.41) is 5.40. The minimum atomic E-state index is 0.642. The molecule has 2 rings (SSSR count). The average molecular weight is 293 g/mol. The number of anilines is 1. The van der Waals surface area contributed by atoms with Crippen molar-refractivity contribution in [3.8, 4) is 5.75 Å². The van der Waals surface area contributed by atoms with Crippen molar-refractivity contribution in [2.45, 2.75) is 0 Å². The minimum Gasteiger partial charge on any atom is -0.497 e. The van der Waals surface area contributed by atoms with Gasteiger partial charge >= 0.3 is 0 Å². The van der Waals surface area contributed by atoms with E-state index in [2.05, 4.69) is 32.8 Å². The molecule has 0 amide bonds. The van der Waals surface area contributed by atoms with E-state index >= 15 is 0 Å². The second-order valence-corrected chi connectivity index (χ2v) is 4.74. The Hall–Kier alpha value is -1.55. The molecule has 0 unspecified atom stereocenters. The predicted molar refractivity (Wildman–Crippen MR) is 74.9 cm³/mol. The van der Waals surface area contributed by atoms with Crippen molar-refractivity contribution >= 4 is 32.5 Å². The van der Waals surface area contributed by atoms with Crippen LogP contribution < -0.4 is 10.1 Å². The normalized spacial score (nSPS) is 10.2. The molecule has 4 heteroatoms. The fourth-order valence-electron chi connectivity index (χ4n) is 1.59. The van der Waals surface area contributed by atoms with Crippen LogP contribution in [0, 0.1) is 0 Å². The maximum atomic E-state index is 5.22. The minimum absolute atomic E-state index is 0.642. The summed E-state index contributed by atoms with van der Waals surface area (Å²) in [4.78, 5) is 4.33. The van der Waals surface area contributed by atoms with Gasteiger partial charge in [-0.1, -0.05) is 28.6 Å². The lowest BCUT2D eigenvalue weighted by atomic mass is 10.1. The summed E-state index contributed by atoms with van der Waals surface area (Å²) >= 11 is 3.31. The highest BCUT2D eigenvalue weighted by Crippen LogP contribution is 2.25. The molecule has 1 N–H and O–H groups in total. The van der Waals surface area contributed by atoms with E-state index in [1.807, 2.05) is 24.3 Å². The van der Waals surface area contributed by atoms with E-state index in [-0.39, 0.29) is 0 Å². The van der Waals surface area contributed by atoms with Crippen molar-refractivity contribution < 1.29 is 4.74 Å². The van der Waals surface area contributed by atoms with Crippen molar-refractivity contribution in [3.05, 3.63) is 41.5 Å². The van der Waals surface area contributed by atoms with Gasteiger partial charge in [0.25, 0.3) is 0 Å². The van der Waals surface area contributed by atoms with Gasteiger partial charge < -0.3 is 10.1 Å². The third-order valence-corrected chi connectivity index (χ3v) is 2.70. The summed E-state index contributed by atoms with van der Waals surface area (Å²) in [6.45, 7) is 4.43. The molecule has 0 spiro atoms. The van der Waals surface area contributed by atoms with Crippen molar-refractivity contribution in [1.82, 2.24) is 4.98 Å². The highest BCUT2D eigenvalue weighted by molar-refractivity contribution is 9.11. The number of benzene rings is 1. The molecule has 0 aliphatic rings. The summed E-state index contributed by atoms with van der Waals surface area (Å²) in [6.07, 6.45) is 1.79. The van der Waals surface area contributed by atoms with Gasteiger partial charge in [0, 0.05) is 22.6 Å². The van der Waals surface area contributed by atoms with Crippen LogP contribution in [-0.4, -0.2) is 18.6 Å². The van der Waals surface area contributed by atoms with E-state index in [0.717, 1.165) is 26.8 Å². The second kappa shape index (κ2) is 5.19. The highest BCUT2D eigenvalue weighted by Gasteiger charge is 2.03. The fourth-order valence-corrected chi connectivity index (χ4v) is 1.74. The first-order chi connectivity index (χ1) is 8.20. The van der Waals surface area contributed by atoms with E-state index in [1.54, 1.807) is 13.3 Å². The molecule has 0 aliphatic heterocycles. The topological polar surface area (TPSA) is 34.2 Å². The molecular formula is C13H13BrN2O. The number of fused-ring (bicyclic) bond motifs is 1. The predicted octanol–water partition coefficient (Wildman–Crippen LogP) is 3.56. The molecule has 88 valence electrons. The number of pyridine rings is 1. The van der Waals surface area contributed by atoms with E-state index in [1.165, 1.54) is 0 Å². The fraction of sp³-hybridized carbons (Fsp3) is 0.154. The molecule has 0 saturated heterocycles. The Bertz CT molecular complexity index is 554. The van der Waals surface area contributed by atoms with Gasteiger partial charge in [-0.3, -0.25) is 0 Å². The molecule has 0 aliphatic carbocycles. The number of halogens is 1. The lowest BCUT2D eigenvalue weighted by Crippen LogP contribution is -2.03. The van der Waals surface area contributed by atoms with Crippen LogP contribution in [0.4, 0.5) is 5.82 Å². The summed E-state index contributed by atoms with van der Waals surface area (Å²) in [7, 11) is 1.66. The zero-order valence-electron chi connectivity index (χ0n) is 9.53. The quantitative estimate of drug-likeness (QED) is 0.936. The van der Waals surface area contributed by atoms with Crippen LogP contribution in [0.15, 0.2) is 41.5 Å². The number of aromatic nitrogens is 1. The second-order valence-electron chi connectivity index (χ2n) is 3.62. The van der Waals surface area contributed by atoms with E-state index < -0.39 is 0 Å². The molecule has 1 aromatic heterocycles. The zero-order chi connectivity index (χ0) is 12.3. The van der Waals surface area contributed by atoms with E-state index in [9.17, 15) is 0 Å². The Morgan fingerprint density at radius 3 is 3.00 bits per heavy atom. The summed E-state index contributed by atoms with van der Waals surface area (Å²) in [5.74, 6) is 1.66. The molecule has 0 fully saturated rings. The summed E-state index contributed by atoms with van der Waals surface area (Å²) in [5.41, 5.74) is 0. The molecule has 1 heterocycles. The number of rotatable bonds is 4. The van der Waals surface area contributed by atoms with Crippen LogP contribution in [0.25, 0.3) is 10.8 Å². The Balaban J connectivity index is 2.43. The average Bonchev–Trinajstić information content (AvgIpc) is 2.35. The van der Waals surface area contributed by atoms with Crippen LogP contribution >= 0.6 is 15.9 Å². The van der Waals surface area contributed by atoms with Crippen molar-refractivity contribution in [2.24, 2.45) is 0 Å². The first-order valence-corrected chi connectivity index (χ1v) is 6.00. The maximum Gasteiger partial charge on any atom is 0.134 e. The molecule has 2 aromatic rings. The van der Waals surface area contributed by atoms with Crippen LogP contribution in [0.3, 0.4) is 0 Å². The van der Waals surface area contributed by atoms with Gasteiger partial charge in [0.15, 0.2) is 0 Å². The van der Waals surface area contributed by atoms with Crippen LogP contribution in [0.2, 0.25) is 0 Å². The number of nitrogens with one attached hydrogen (secondary N) is 1. The first kappa shape index (κ1) is 11.9. The molecule has 0 atom stereocenters. The third-order valence-electron chi connectivity index (χ3n) is 2.42. The molecular weight excluding hydrogens is 280 g/mol. The van der Waals surface area contributed by atoms with Gasteiger partial charge in [0.2, 0.25) is 0 Å². The Morgan fingerprint density at radius 2 is 2.29 bits per heavy atom. The van der Waals surface area contributed by atoms with Crippen LogP contribution in [0.5, 0.6) is 5.75 Å². The largest absolute Gasteiger partial charge is 0.497 e. The monoisotopic (exact) mass is 292 g/mol. The summed E-state index contributed by atoms with van der Waals surface area (Å²) < 4.78 is 6.11. The lowest BCUT2D eigenvalue weighted by molar-refractivity contribution is 0.415. The van der Waals surface area contributed by atoms with Gasteiger partial charge in [0.05, 0.1) is 7.11 Å². The SMILES string of the molecule is C=C(Br)CNc1nccc2ccc(OC)cc12. The third kappa shape index (κ3) is 2.77. The summed E-state index contributed by atoms with van der Waals surface area (Å²) in [6, 6.07) is 7.91. The number of ether oxygens (including phenoxy) is 1. The Kier molecular flexibility index (Phi) is 3.64. The zero-order valence-corrected chi connectivity index (χ0v) is 11.1. The molecule has 1 aromatic carbocycles. The Labute approximate surface area is 109 Å². The van der Waals surface area contributed by atoms with Crippen molar-refractivity contribution in [1.29, 1.82) is 0 Å².